The highest BCUT2D eigenvalue weighted by atomic mass is 16.5. The van der Waals surface area contributed by atoms with Crippen LogP contribution in [-0.4, -0.2) is 27.8 Å². The molecule has 0 unspecified atom stereocenters. The molecule has 1 aliphatic heterocycles. The van der Waals surface area contributed by atoms with Crippen molar-refractivity contribution >= 4 is 0 Å². The van der Waals surface area contributed by atoms with Gasteiger partial charge in [-0.05, 0) is 0 Å². The molecule has 0 aromatic carbocycles. The van der Waals surface area contributed by atoms with Crippen LogP contribution in [0, 0.1) is 0 Å². The molecule has 1 aliphatic rings. The highest BCUT2D eigenvalue weighted by Gasteiger charge is 2.15. The van der Waals surface area contributed by atoms with Crippen LogP contribution in [0.25, 0.3) is 0 Å². The van der Waals surface area contributed by atoms with Crippen molar-refractivity contribution in [2.45, 2.75) is 19.1 Å². The zero-order valence-corrected chi connectivity index (χ0v) is 6.60. The van der Waals surface area contributed by atoms with Gasteiger partial charge >= 0.3 is 0 Å². The Labute approximate surface area is 70.2 Å². The molecule has 1 N–H and O–H groups in total. The molecule has 4 nitrogen and oxygen atoms in total. The monoisotopic (exact) mass is 166 g/mol. The molecule has 0 aliphatic carbocycles. The molecule has 4 heteroatoms. The first-order valence-electron chi connectivity index (χ1n) is 3.91. The lowest BCUT2D eigenvalue weighted by Crippen LogP contribution is -2.15. The van der Waals surface area contributed by atoms with Gasteiger partial charge in [-0.15, -0.1) is 0 Å². The van der Waals surface area contributed by atoms with E-state index in [9.17, 15) is 5.11 Å². The molecule has 0 amide bonds. The van der Waals surface area contributed by atoms with E-state index in [1.807, 2.05) is 0 Å². The van der Waals surface area contributed by atoms with Gasteiger partial charge in [0, 0.05) is 18.8 Å². The average molecular weight is 166 g/mol. The van der Waals surface area contributed by atoms with Crippen molar-refractivity contribution in [2.75, 3.05) is 6.61 Å². The molecule has 1 aromatic rings. The van der Waals surface area contributed by atoms with Gasteiger partial charge in [-0.2, -0.15) is 0 Å². The summed E-state index contributed by atoms with van der Waals surface area (Å²) < 4.78 is 5.18. The minimum Gasteiger partial charge on any atom is -0.390 e. The number of hydrogen-bond donors (Lipinski definition) is 1. The Morgan fingerprint density at radius 2 is 2.08 bits per heavy atom. The van der Waals surface area contributed by atoms with Crippen molar-refractivity contribution in [1.29, 1.82) is 0 Å². The van der Waals surface area contributed by atoms with Gasteiger partial charge in [0.1, 0.15) is 0 Å². The fraction of sp³-hybridized carbons (Fsp3) is 0.500. The molecule has 12 heavy (non-hydrogen) atoms. The van der Waals surface area contributed by atoms with E-state index >= 15 is 0 Å². The van der Waals surface area contributed by atoms with Crippen LogP contribution in [0.15, 0.2) is 12.4 Å². The quantitative estimate of drug-likeness (QED) is 0.585. The first kappa shape index (κ1) is 7.64. The summed E-state index contributed by atoms with van der Waals surface area (Å²) in [6.45, 7) is 0.832. The SMILES string of the molecule is O[C@H]1COCc2nccnc2C1. The van der Waals surface area contributed by atoms with Crippen molar-refractivity contribution in [3.8, 4) is 0 Å². The second kappa shape index (κ2) is 3.16. The molecule has 0 bridgehead atoms. The number of fused-ring (bicyclic) bond motifs is 1. The van der Waals surface area contributed by atoms with Gasteiger partial charge in [-0.1, -0.05) is 0 Å². The number of aromatic nitrogens is 2. The summed E-state index contributed by atoms with van der Waals surface area (Å²) in [5.41, 5.74) is 1.69. The summed E-state index contributed by atoms with van der Waals surface area (Å²) in [5.74, 6) is 0. The lowest BCUT2D eigenvalue weighted by Gasteiger charge is -2.03. The van der Waals surface area contributed by atoms with Crippen LogP contribution in [0.3, 0.4) is 0 Å². The zero-order chi connectivity index (χ0) is 8.39. The first-order chi connectivity index (χ1) is 5.86. The van der Waals surface area contributed by atoms with Crippen LogP contribution >= 0.6 is 0 Å². The largest absolute Gasteiger partial charge is 0.390 e. The van der Waals surface area contributed by atoms with Gasteiger partial charge in [0.15, 0.2) is 0 Å². The first-order valence-corrected chi connectivity index (χ1v) is 3.91. The molecule has 1 atom stereocenters. The Kier molecular flexibility index (Phi) is 2.01. The van der Waals surface area contributed by atoms with Crippen LogP contribution in [0.2, 0.25) is 0 Å². The van der Waals surface area contributed by atoms with Crippen molar-refractivity contribution in [3.63, 3.8) is 0 Å². The van der Waals surface area contributed by atoms with E-state index in [0.717, 1.165) is 11.4 Å². The predicted molar refractivity (Wildman–Crippen MR) is 41.4 cm³/mol. The van der Waals surface area contributed by atoms with Gasteiger partial charge in [-0.3, -0.25) is 9.97 Å². The van der Waals surface area contributed by atoms with Crippen LogP contribution in [0.1, 0.15) is 11.4 Å². The lowest BCUT2D eigenvalue weighted by atomic mass is 10.2. The van der Waals surface area contributed by atoms with Crippen molar-refractivity contribution in [3.05, 3.63) is 23.8 Å². The molecule has 0 saturated carbocycles. The third kappa shape index (κ3) is 1.44. The van der Waals surface area contributed by atoms with E-state index in [4.69, 9.17) is 4.74 Å². The van der Waals surface area contributed by atoms with Crippen molar-refractivity contribution < 1.29 is 9.84 Å². The Morgan fingerprint density at radius 3 is 2.92 bits per heavy atom. The lowest BCUT2D eigenvalue weighted by molar-refractivity contribution is 0.0360. The summed E-state index contributed by atoms with van der Waals surface area (Å²) in [7, 11) is 0. The van der Waals surface area contributed by atoms with Crippen LogP contribution in [0.5, 0.6) is 0 Å². The molecule has 64 valence electrons. The predicted octanol–water partition coefficient (Wildman–Crippen LogP) is -0.0898. The van der Waals surface area contributed by atoms with E-state index in [1.165, 1.54) is 0 Å². The Balaban J connectivity index is 2.31. The third-order valence-corrected chi connectivity index (χ3v) is 1.84. The topological polar surface area (TPSA) is 55.2 Å². The molecule has 0 fully saturated rings. The smallest absolute Gasteiger partial charge is 0.0907 e. The summed E-state index contributed by atoms with van der Waals surface area (Å²) in [4.78, 5) is 8.24. The van der Waals surface area contributed by atoms with E-state index in [1.54, 1.807) is 12.4 Å². The molecule has 0 radical (unpaired) electrons. The Morgan fingerprint density at radius 1 is 1.33 bits per heavy atom. The Hall–Kier alpha value is -1.00. The summed E-state index contributed by atoms with van der Waals surface area (Å²) in [5, 5.41) is 9.34. The number of nitrogens with zero attached hydrogens (tertiary/aromatic N) is 2. The standard InChI is InChI=1S/C8H10N2O2/c11-6-3-7-8(5-12-4-6)10-2-1-9-7/h1-2,6,11H,3-5H2/t6-/m1/s1. The number of aliphatic hydroxyl groups excluding tert-OH is 1. The minimum atomic E-state index is -0.442. The fourth-order valence-electron chi connectivity index (χ4n) is 1.26. The van der Waals surface area contributed by atoms with E-state index in [-0.39, 0.29) is 0 Å². The van der Waals surface area contributed by atoms with Crippen LogP contribution in [0.4, 0.5) is 0 Å². The van der Waals surface area contributed by atoms with E-state index in [0.29, 0.717) is 19.6 Å². The fourth-order valence-corrected chi connectivity index (χ4v) is 1.26. The zero-order valence-electron chi connectivity index (χ0n) is 6.60. The summed E-state index contributed by atoms with van der Waals surface area (Å²) >= 11 is 0. The van der Waals surface area contributed by atoms with Crippen LogP contribution in [-0.2, 0) is 17.8 Å². The van der Waals surface area contributed by atoms with E-state index in [2.05, 4.69) is 9.97 Å². The molecule has 0 spiro atoms. The van der Waals surface area contributed by atoms with E-state index < -0.39 is 6.10 Å². The second-order valence-electron chi connectivity index (χ2n) is 2.82. The highest BCUT2D eigenvalue weighted by Crippen LogP contribution is 2.11. The molecular formula is C8H10N2O2. The maximum absolute atomic E-state index is 9.34. The maximum atomic E-state index is 9.34. The normalized spacial score (nSPS) is 22.9. The van der Waals surface area contributed by atoms with Crippen molar-refractivity contribution in [1.82, 2.24) is 9.97 Å². The number of rotatable bonds is 0. The van der Waals surface area contributed by atoms with Crippen LogP contribution < -0.4 is 0 Å². The maximum Gasteiger partial charge on any atom is 0.0907 e. The molecule has 0 saturated heterocycles. The van der Waals surface area contributed by atoms with Crippen molar-refractivity contribution in [2.24, 2.45) is 0 Å². The number of aliphatic hydroxyl groups is 1. The number of hydrogen-bond acceptors (Lipinski definition) is 4. The molecule has 1 aromatic heterocycles. The summed E-state index contributed by atoms with van der Waals surface area (Å²) in [6.07, 6.45) is 3.38. The minimum absolute atomic E-state index is 0.373. The van der Waals surface area contributed by atoms with Gasteiger partial charge in [-0.25, -0.2) is 0 Å². The Bertz CT molecular complexity index is 278. The van der Waals surface area contributed by atoms with Gasteiger partial charge < -0.3 is 9.84 Å². The molecular weight excluding hydrogens is 156 g/mol. The number of ether oxygens (including phenoxy) is 1. The average Bonchev–Trinajstić information content (AvgIpc) is 2.25. The molecule has 2 heterocycles. The summed E-state index contributed by atoms with van der Waals surface area (Å²) in [6, 6.07) is 0. The highest BCUT2D eigenvalue weighted by molar-refractivity contribution is 5.11. The third-order valence-electron chi connectivity index (χ3n) is 1.84. The van der Waals surface area contributed by atoms with Gasteiger partial charge in [0.05, 0.1) is 30.7 Å². The van der Waals surface area contributed by atoms with Gasteiger partial charge in [0.2, 0.25) is 0 Å². The second-order valence-corrected chi connectivity index (χ2v) is 2.82. The molecule has 2 rings (SSSR count). The van der Waals surface area contributed by atoms with Gasteiger partial charge in [0.25, 0.3) is 0 Å².